The molecule has 0 atom stereocenters. The minimum absolute atomic E-state index is 0.0272. The number of aryl methyl sites for hydroxylation is 1. The standard InChI is InChI=1S/C18H22ClN5O/c1-13-3-2-6-20-18(13)23-16-10-15(21-12-22-16)9-14-4-7-24(8-5-14)17(25)11-19/h2-3,6,10,12,14H,4-5,7-9,11H2,1H3,(H,20,21,22,23). The van der Waals surface area contributed by atoms with Crippen LogP contribution in [0.25, 0.3) is 0 Å². The average Bonchev–Trinajstić information content (AvgIpc) is 2.64. The van der Waals surface area contributed by atoms with E-state index in [1.165, 1.54) is 0 Å². The molecule has 0 unspecified atom stereocenters. The number of hydrogen-bond donors (Lipinski definition) is 1. The third-order valence-electron chi connectivity index (χ3n) is 4.56. The van der Waals surface area contributed by atoms with Gasteiger partial charge in [-0.15, -0.1) is 11.6 Å². The molecule has 1 amide bonds. The van der Waals surface area contributed by atoms with Crippen molar-refractivity contribution in [3.05, 3.63) is 42.0 Å². The summed E-state index contributed by atoms with van der Waals surface area (Å²) >= 11 is 5.63. The van der Waals surface area contributed by atoms with Gasteiger partial charge in [-0.3, -0.25) is 4.79 Å². The summed E-state index contributed by atoms with van der Waals surface area (Å²) in [6, 6.07) is 5.89. The van der Waals surface area contributed by atoms with Crippen LogP contribution < -0.4 is 5.32 Å². The smallest absolute Gasteiger partial charge is 0.237 e. The first-order chi connectivity index (χ1) is 12.2. The van der Waals surface area contributed by atoms with Crippen molar-refractivity contribution in [3.8, 4) is 0 Å². The second kappa shape index (κ2) is 8.25. The van der Waals surface area contributed by atoms with Gasteiger partial charge in [0.05, 0.1) is 0 Å². The van der Waals surface area contributed by atoms with Gasteiger partial charge in [-0.25, -0.2) is 15.0 Å². The molecule has 6 nitrogen and oxygen atoms in total. The number of piperidine rings is 1. The fraction of sp³-hybridized carbons (Fsp3) is 0.444. The Balaban J connectivity index is 1.59. The molecule has 2 aromatic heterocycles. The Bertz CT molecular complexity index is 731. The number of alkyl halides is 1. The van der Waals surface area contributed by atoms with Crippen molar-refractivity contribution in [2.45, 2.75) is 26.2 Å². The van der Waals surface area contributed by atoms with Crippen LogP contribution in [0.3, 0.4) is 0 Å². The minimum atomic E-state index is 0.0272. The third-order valence-corrected chi connectivity index (χ3v) is 4.79. The van der Waals surface area contributed by atoms with Gasteiger partial charge in [-0.05, 0) is 43.7 Å². The fourth-order valence-corrected chi connectivity index (χ4v) is 3.25. The van der Waals surface area contributed by atoms with Gasteiger partial charge in [0.25, 0.3) is 0 Å². The third kappa shape index (κ3) is 4.66. The highest BCUT2D eigenvalue weighted by Gasteiger charge is 2.22. The number of halogens is 1. The minimum Gasteiger partial charge on any atom is -0.342 e. The summed E-state index contributed by atoms with van der Waals surface area (Å²) in [5.74, 6) is 2.18. The van der Waals surface area contributed by atoms with Crippen LogP contribution in [-0.4, -0.2) is 44.7 Å². The number of pyridine rings is 1. The zero-order valence-corrected chi connectivity index (χ0v) is 15.0. The van der Waals surface area contributed by atoms with E-state index >= 15 is 0 Å². The van der Waals surface area contributed by atoms with Gasteiger partial charge in [0.15, 0.2) is 0 Å². The van der Waals surface area contributed by atoms with E-state index in [4.69, 9.17) is 11.6 Å². The van der Waals surface area contributed by atoms with Gasteiger partial charge in [0, 0.05) is 31.0 Å². The number of anilines is 2. The first-order valence-electron chi connectivity index (χ1n) is 8.49. The summed E-state index contributed by atoms with van der Waals surface area (Å²) in [4.78, 5) is 26.5. The fourth-order valence-electron chi connectivity index (χ4n) is 3.08. The molecule has 132 valence electrons. The zero-order valence-electron chi connectivity index (χ0n) is 14.3. The van der Waals surface area contributed by atoms with Crippen LogP contribution in [-0.2, 0) is 11.2 Å². The molecule has 2 aromatic rings. The van der Waals surface area contributed by atoms with E-state index in [2.05, 4.69) is 20.3 Å². The van der Waals surface area contributed by atoms with E-state index in [0.717, 1.165) is 55.2 Å². The van der Waals surface area contributed by atoms with Crippen LogP contribution in [0, 0.1) is 12.8 Å². The highest BCUT2D eigenvalue weighted by atomic mass is 35.5. The lowest BCUT2D eigenvalue weighted by atomic mass is 9.92. The van der Waals surface area contributed by atoms with Crippen molar-refractivity contribution in [3.63, 3.8) is 0 Å². The topological polar surface area (TPSA) is 71.0 Å². The molecule has 1 aliphatic rings. The first kappa shape index (κ1) is 17.6. The summed E-state index contributed by atoms with van der Waals surface area (Å²) in [6.45, 7) is 3.56. The summed E-state index contributed by atoms with van der Waals surface area (Å²) in [5.41, 5.74) is 2.08. The number of likely N-dealkylation sites (tertiary alicyclic amines) is 1. The molecule has 7 heteroatoms. The number of carbonyl (C=O) groups is 1. The van der Waals surface area contributed by atoms with Crippen LogP contribution in [0.5, 0.6) is 0 Å². The van der Waals surface area contributed by atoms with Gasteiger partial charge >= 0.3 is 0 Å². The van der Waals surface area contributed by atoms with Crippen molar-refractivity contribution in [2.24, 2.45) is 5.92 Å². The quantitative estimate of drug-likeness (QED) is 0.831. The predicted molar refractivity (Wildman–Crippen MR) is 98.0 cm³/mol. The summed E-state index contributed by atoms with van der Waals surface area (Å²) in [6.07, 6.45) is 6.19. The molecule has 1 aliphatic heterocycles. The molecule has 0 radical (unpaired) electrons. The van der Waals surface area contributed by atoms with Gasteiger partial charge in [-0.2, -0.15) is 0 Å². The van der Waals surface area contributed by atoms with Gasteiger partial charge < -0.3 is 10.2 Å². The van der Waals surface area contributed by atoms with E-state index in [-0.39, 0.29) is 11.8 Å². The number of nitrogens with one attached hydrogen (secondary N) is 1. The largest absolute Gasteiger partial charge is 0.342 e. The normalized spacial score (nSPS) is 15.2. The Morgan fingerprint density at radius 1 is 1.32 bits per heavy atom. The predicted octanol–water partition coefficient (Wildman–Crippen LogP) is 2.94. The second-order valence-corrected chi connectivity index (χ2v) is 6.62. The molecule has 0 saturated carbocycles. The number of rotatable bonds is 5. The number of carbonyl (C=O) groups excluding carboxylic acids is 1. The summed E-state index contributed by atoms with van der Waals surface area (Å²) in [7, 11) is 0. The Labute approximate surface area is 152 Å². The maximum Gasteiger partial charge on any atom is 0.237 e. The summed E-state index contributed by atoms with van der Waals surface area (Å²) in [5, 5.41) is 3.25. The molecule has 0 bridgehead atoms. The van der Waals surface area contributed by atoms with E-state index in [9.17, 15) is 4.79 Å². The molecule has 0 aliphatic carbocycles. The van der Waals surface area contributed by atoms with Crippen molar-refractivity contribution in [1.82, 2.24) is 19.9 Å². The lowest BCUT2D eigenvalue weighted by Crippen LogP contribution is -2.39. The van der Waals surface area contributed by atoms with E-state index in [0.29, 0.717) is 5.92 Å². The molecular formula is C18H22ClN5O. The molecule has 0 spiro atoms. The van der Waals surface area contributed by atoms with Crippen LogP contribution in [0.1, 0.15) is 24.1 Å². The van der Waals surface area contributed by atoms with Crippen LogP contribution in [0.4, 0.5) is 11.6 Å². The highest BCUT2D eigenvalue weighted by Crippen LogP contribution is 2.22. The Morgan fingerprint density at radius 3 is 2.84 bits per heavy atom. The first-order valence-corrected chi connectivity index (χ1v) is 9.02. The van der Waals surface area contributed by atoms with Crippen LogP contribution in [0.15, 0.2) is 30.7 Å². The molecule has 3 heterocycles. The second-order valence-electron chi connectivity index (χ2n) is 6.35. The Morgan fingerprint density at radius 2 is 2.12 bits per heavy atom. The SMILES string of the molecule is Cc1cccnc1Nc1cc(CC2CCN(C(=O)CCl)CC2)ncn1. The number of amides is 1. The van der Waals surface area contributed by atoms with Crippen LogP contribution in [0.2, 0.25) is 0 Å². The highest BCUT2D eigenvalue weighted by molar-refractivity contribution is 6.27. The molecule has 1 saturated heterocycles. The van der Waals surface area contributed by atoms with Crippen molar-refractivity contribution in [2.75, 3.05) is 24.3 Å². The molecular weight excluding hydrogens is 338 g/mol. The van der Waals surface area contributed by atoms with Crippen molar-refractivity contribution in [1.29, 1.82) is 0 Å². The van der Waals surface area contributed by atoms with Crippen molar-refractivity contribution >= 4 is 29.1 Å². The maximum atomic E-state index is 11.6. The monoisotopic (exact) mass is 359 g/mol. The molecule has 3 rings (SSSR count). The van der Waals surface area contributed by atoms with E-state index in [1.807, 2.05) is 30.0 Å². The average molecular weight is 360 g/mol. The Hall–Kier alpha value is -2.21. The number of hydrogen-bond acceptors (Lipinski definition) is 5. The number of nitrogens with zero attached hydrogens (tertiary/aromatic N) is 4. The number of aromatic nitrogens is 3. The lowest BCUT2D eigenvalue weighted by molar-refractivity contribution is -0.129. The van der Waals surface area contributed by atoms with Gasteiger partial charge in [0.1, 0.15) is 23.8 Å². The Kier molecular flexibility index (Phi) is 5.81. The summed E-state index contributed by atoms with van der Waals surface area (Å²) < 4.78 is 0. The van der Waals surface area contributed by atoms with E-state index < -0.39 is 0 Å². The van der Waals surface area contributed by atoms with Gasteiger partial charge in [0.2, 0.25) is 5.91 Å². The zero-order chi connectivity index (χ0) is 17.6. The van der Waals surface area contributed by atoms with Crippen molar-refractivity contribution < 1.29 is 4.79 Å². The maximum absolute atomic E-state index is 11.6. The van der Waals surface area contributed by atoms with Crippen LogP contribution >= 0.6 is 11.6 Å². The molecule has 0 aromatic carbocycles. The molecule has 1 N–H and O–H groups in total. The molecule has 25 heavy (non-hydrogen) atoms. The van der Waals surface area contributed by atoms with Gasteiger partial charge in [-0.1, -0.05) is 6.07 Å². The van der Waals surface area contributed by atoms with E-state index in [1.54, 1.807) is 12.5 Å². The lowest BCUT2D eigenvalue weighted by Gasteiger charge is -2.31. The molecule has 1 fully saturated rings.